The van der Waals surface area contributed by atoms with Crippen LogP contribution in [0.5, 0.6) is 0 Å². The number of Topliss-reactive ketones (excluding diaryl/α,β-unsaturated/α-hetero) is 1. The minimum Gasteiger partial charge on any atom is -0.436 e. The van der Waals surface area contributed by atoms with Gasteiger partial charge in [0.05, 0.1) is 0 Å². The van der Waals surface area contributed by atoms with Crippen molar-refractivity contribution in [3.63, 3.8) is 0 Å². The maximum absolute atomic E-state index is 14.6. The zero-order valence-electron chi connectivity index (χ0n) is 13.9. The first-order valence-corrected chi connectivity index (χ1v) is 8.07. The van der Waals surface area contributed by atoms with E-state index in [1.807, 2.05) is 5.32 Å². The van der Waals surface area contributed by atoms with E-state index in [2.05, 4.69) is 4.74 Å². The molecule has 0 aromatic carbocycles. The van der Waals surface area contributed by atoms with E-state index >= 15 is 0 Å². The fourth-order valence-corrected chi connectivity index (χ4v) is 3.56. The van der Waals surface area contributed by atoms with Crippen molar-refractivity contribution in [3.8, 4) is 0 Å². The molecule has 3 amide bonds. The summed E-state index contributed by atoms with van der Waals surface area (Å²) < 4.78 is 45.8. The molecule has 0 spiro atoms. The van der Waals surface area contributed by atoms with E-state index < -0.39 is 66.2 Å². The predicted molar refractivity (Wildman–Crippen MR) is 80.6 cm³/mol. The van der Waals surface area contributed by atoms with Gasteiger partial charge in [0.2, 0.25) is 5.78 Å². The summed E-state index contributed by atoms with van der Waals surface area (Å²) in [4.78, 5) is 46.4. The van der Waals surface area contributed by atoms with E-state index in [1.54, 1.807) is 0 Å². The second-order valence-electron chi connectivity index (χ2n) is 6.96. The molecule has 26 heavy (non-hydrogen) atoms. The molecule has 2 saturated carbocycles. The number of nitrogens with two attached hydrogens (primary N) is 2. The van der Waals surface area contributed by atoms with Crippen molar-refractivity contribution < 1.29 is 37.1 Å². The highest BCUT2D eigenvalue weighted by Crippen LogP contribution is 2.46. The standard InChI is InChI=1S/C15H20F3N3O5/c16-13(3-1-2-4-13)5-8(26-12(20)25)11(24)21-14(9(22)10(19)23)6-15(17,18)7-14/h8H,1-7H2,(H2,19,23)(H2,20,25)(H,21,24). The third kappa shape index (κ3) is 4.25. The lowest BCUT2D eigenvalue weighted by atomic mass is 9.70. The maximum Gasteiger partial charge on any atom is 0.405 e. The molecule has 0 bridgehead atoms. The van der Waals surface area contributed by atoms with Crippen LogP contribution in [0.15, 0.2) is 0 Å². The molecule has 8 nitrogen and oxygen atoms in total. The quantitative estimate of drug-likeness (QED) is 0.551. The lowest BCUT2D eigenvalue weighted by Crippen LogP contribution is -2.70. The number of halogens is 3. The van der Waals surface area contributed by atoms with Gasteiger partial charge in [-0.25, -0.2) is 18.0 Å². The van der Waals surface area contributed by atoms with Gasteiger partial charge in [-0.05, 0) is 12.8 Å². The number of ether oxygens (including phenoxy) is 1. The summed E-state index contributed by atoms with van der Waals surface area (Å²) in [6.45, 7) is 0. The Hall–Kier alpha value is -2.33. The number of rotatable bonds is 7. The molecule has 1 atom stereocenters. The van der Waals surface area contributed by atoms with Crippen LogP contribution in [-0.2, 0) is 19.1 Å². The Bertz CT molecular complexity index is 626. The average molecular weight is 379 g/mol. The lowest BCUT2D eigenvalue weighted by Gasteiger charge is -2.46. The van der Waals surface area contributed by atoms with Crippen molar-refractivity contribution in [2.24, 2.45) is 11.5 Å². The Morgan fingerprint density at radius 3 is 2.00 bits per heavy atom. The zero-order valence-corrected chi connectivity index (χ0v) is 13.9. The van der Waals surface area contributed by atoms with Crippen LogP contribution in [0.2, 0.25) is 0 Å². The van der Waals surface area contributed by atoms with Crippen LogP contribution in [0.4, 0.5) is 18.0 Å². The second kappa shape index (κ2) is 6.76. The predicted octanol–water partition coefficient (Wildman–Crippen LogP) is 0.461. The minimum atomic E-state index is -3.27. The molecule has 0 aromatic heterocycles. The van der Waals surface area contributed by atoms with Crippen LogP contribution in [0.25, 0.3) is 0 Å². The number of hydrogen-bond acceptors (Lipinski definition) is 5. The second-order valence-corrected chi connectivity index (χ2v) is 6.96. The van der Waals surface area contributed by atoms with Gasteiger partial charge in [0.1, 0.15) is 11.2 Å². The van der Waals surface area contributed by atoms with E-state index in [1.165, 1.54) is 0 Å². The molecule has 2 aliphatic rings. The summed E-state index contributed by atoms with van der Waals surface area (Å²) in [6, 6.07) is 0. The summed E-state index contributed by atoms with van der Waals surface area (Å²) in [6.07, 6.45) is -4.42. The van der Waals surface area contributed by atoms with Gasteiger partial charge < -0.3 is 21.5 Å². The number of ketones is 1. The van der Waals surface area contributed by atoms with Crippen molar-refractivity contribution in [2.75, 3.05) is 0 Å². The van der Waals surface area contributed by atoms with Crippen LogP contribution >= 0.6 is 0 Å². The summed E-state index contributed by atoms with van der Waals surface area (Å²) >= 11 is 0. The summed E-state index contributed by atoms with van der Waals surface area (Å²) in [5.41, 5.74) is 5.76. The first-order valence-electron chi connectivity index (χ1n) is 8.07. The normalized spacial score (nSPS) is 23.3. The first kappa shape index (κ1) is 20.0. The number of primary amides is 2. The molecular weight excluding hydrogens is 359 g/mol. The molecule has 0 aromatic rings. The third-order valence-corrected chi connectivity index (χ3v) is 4.74. The molecule has 0 heterocycles. The monoisotopic (exact) mass is 379 g/mol. The summed E-state index contributed by atoms with van der Waals surface area (Å²) in [7, 11) is 0. The molecule has 0 saturated heterocycles. The Kier molecular flexibility index (Phi) is 5.20. The maximum atomic E-state index is 14.6. The third-order valence-electron chi connectivity index (χ3n) is 4.74. The zero-order chi connectivity index (χ0) is 19.8. The minimum absolute atomic E-state index is 0.141. The van der Waals surface area contributed by atoms with Crippen molar-refractivity contribution in [1.29, 1.82) is 0 Å². The van der Waals surface area contributed by atoms with Crippen LogP contribution in [0.3, 0.4) is 0 Å². The molecular formula is C15H20F3N3O5. The van der Waals surface area contributed by atoms with Gasteiger partial charge >= 0.3 is 6.09 Å². The van der Waals surface area contributed by atoms with Crippen molar-refractivity contribution >= 4 is 23.7 Å². The lowest BCUT2D eigenvalue weighted by molar-refractivity contribution is -0.169. The van der Waals surface area contributed by atoms with Crippen molar-refractivity contribution in [3.05, 3.63) is 0 Å². The Morgan fingerprint density at radius 2 is 1.58 bits per heavy atom. The fourth-order valence-electron chi connectivity index (χ4n) is 3.56. The number of nitrogens with one attached hydrogen (secondary N) is 1. The van der Waals surface area contributed by atoms with Gasteiger partial charge in [0.15, 0.2) is 6.10 Å². The SMILES string of the molecule is NC(=O)OC(CC1(F)CCCC1)C(=O)NC1(C(=O)C(N)=O)CC(F)(F)C1. The average Bonchev–Trinajstić information content (AvgIpc) is 2.89. The van der Waals surface area contributed by atoms with E-state index in [4.69, 9.17) is 11.5 Å². The van der Waals surface area contributed by atoms with E-state index in [0.29, 0.717) is 12.8 Å². The summed E-state index contributed by atoms with van der Waals surface area (Å²) in [5.74, 6) is -7.35. The van der Waals surface area contributed by atoms with Crippen molar-refractivity contribution in [2.45, 2.75) is 68.2 Å². The van der Waals surface area contributed by atoms with Gasteiger partial charge in [0, 0.05) is 19.3 Å². The Morgan fingerprint density at radius 1 is 1.04 bits per heavy atom. The highest BCUT2D eigenvalue weighted by molar-refractivity contribution is 6.39. The molecule has 2 rings (SSSR count). The molecule has 2 aliphatic carbocycles. The Balaban J connectivity index is 2.17. The van der Waals surface area contributed by atoms with Crippen LogP contribution in [-0.4, -0.2) is 46.9 Å². The molecule has 0 aliphatic heterocycles. The smallest absolute Gasteiger partial charge is 0.405 e. The largest absolute Gasteiger partial charge is 0.436 e. The van der Waals surface area contributed by atoms with E-state index in [-0.39, 0.29) is 12.8 Å². The van der Waals surface area contributed by atoms with Crippen LogP contribution in [0, 0.1) is 0 Å². The van der Waals surface area contributed by atoms with Gasteiger partial charge in [-0.15, -0.1) is 0 Å². The molecule has 1 unspecified atom stereocenters. The van der Waals surface area contributed by atoms with Gasteiger partial charge in [-0.3, -0.25) is 14.4 Å². The van der Waals surface area contributed by atoms with Gasteiger partial charge in [-0.1, -0.05) is 12.8 Å². The topological polar surface area (TPSA) is 142 Å². The highest BCUT2D eigenvalue weighted by atomic mass is 19.3. The number of carbonyl (C=O) groups is 4. The molecule has 0 radical (unpaired) electrons. The summed E-state index contributed by atoms with van der Waals surface area (Å²) in [5, 5.41) is 1.99. The van der Waals surface area contributed by atoms with E-state index in [0.717, 1.165) is 0 Å². The van der Waals surface area contributed by atoms with Gasteiger partial charge in [0.25, 0.3) is 17.7 Å². The number of hydrogen-bond donors (Lipinski definition) is 3. The number of alkyl halides is 3. The Labute approximate surface area is 146 Å². The van der Waals surface area contributed by atoms with Crippen molar-refractivity contribution in [1.82, 2.24) is 5.32 Å². The van der Waals surface area contributed by atoms with Crippen LogP contribution in [0.1, 0.15) is 44.9 Å². The molecule has 5 N–H and O–H groups in total. The highest BCUT2D eigenvalue weighted by Gasteiger charge is 2.63. The molecule has 2 fully saturated rings. The molecule has 146 valence electrons. The van der Waals surface area contributed by atoms with Gasteiger partial charge in [-0.2, -0.15) is 0 Å². The van der Waals surface area contributed by atoms with Crippen LogP contribution < -0.4 is 16.8 Å². The molecule has 11 heteroatoms. The number of amides is 3. The van der Waals surface area contributed by atoms with E-state index in [9.17, 15) is 32.3 Å². The fraction of sp³-hybridized carbons (Fsp3) is 0.733. The number of carbonyl (C=O) groups excluding carboxylic acids is 4. The first-order chi connectivity index (χ1) is 11.9.